The summed E-state index contributed by atoms with van der Waals surface area (Å²) in [6.45, 7) is 7.57. The molecule has 0 aromatic heterocycles. The van der Waals surface area contributed by atoms with E-state index < -0.39 is 54.6 Å². The number of carbonyl (C=O) groups is 2. The Morgan fingerprint density at radius 3 is 2.23 bits per heavy atom. The van der Waals surface area contributed by atoms with E-state index in [2.05, 4.69) is 10.6 Å². The van der Waals surface area contributed by atoms with Crippen LogP contribution >= 0.6 is 0 Å². The van der Waals surface area contributed by atoms with Crippen LogP contribution in [0.1, 0.15) is 46.1 Å². The molecule has 0 aliphatic carbocycles. The number of amides is 2. The van der Waals surface area contributed by atoms with E-state index in [9.17, 15) is 31.5 Å². The molecule has 3 atom stereocenters. The third-order valence-corrected chi connectivity index (χ3v) is 12.8. The first kappa shape index (κ1) is 37.6. The van der Waals surface area contributed by atoms with Crippen molar-refractivity contribution in [1.29, 1.82) is 0 Å². The number of likely N-dealkylation sites (tertiary alicyclic amines) is 1. The largest absolute Gasteiger partial charge is 0.454 e. The monoisotopic (exact) mass is 708 g/mol. The van der Waals surface area contributed by atoms with Gasteiger partial charge < -0.3 is 25.2 Å². The highest BCUT2D eigenvalue weighted by Gasteiger charge is 2.45. The van der Waals surface area contributed by atoms with Crippen LogP contribution in [-0.4, -0.2) is 112 Å². The van der Waals surface area contributed by atoms with Crippen molar-refractivity contribution in [2.75, 3.05) is 45.8 Å². The first-order chi connectivity index (χ1) is 22.5. The molecule has 2 aliphatic rings. The predicted octanol–water partition coefficient (Wildman–Crippen LogP) is 1.55. The van der Waals surface area contributed by atoms with E-state index in [1.165, 1.54) is 36.4 Å². The average Bonchev–Trinajstić information content (AvgIpc) is 3.70. The third-order valence-electron chi connectivity index (χ3n) is 8.82. The van der Waals surface area contributed by atoms with Crippen LogP contribution in [0.5, 0.6) is 11.5 Å². The average molecular weight is 709 g/mol. The summed E-state index contributed by atoms with van der Waals surface area (Å²) >= 11 is 0. The van der Waals surface area contributed by atoms with Crippen molar-refractivity contribution in [3.8, 4) is 11.5 Å². The Hall–Kier alpha value is -3.24. The molecule has 0 saturated carbocycles. The summed E-state index contributed by atoms with van der Waals surface area (Å²) in [5, 5.41) is 17.1. The third kappa shape index (κ3) is 9.26. The minimum Gasteiger partial charge on any atom is -0.454 e. The number of fused-ring (bicyclic) bond motifs is 1. The Balaban J connectivity index is 1.63. The molecule has 15 heteroatoms. The van der Waals surface area contributed by atoms with Gasteiger partial charge in [0.1, 0.15) is 6.04 Å². The molecule has 3 unspecified atom stereocenters. The van der Waals surface area contributed by atoms with Crippen molar-refractivity contribution in [3.05, 3.63) is 54.1 Å². The predicted molar refractivity (Wildman–Crippen MR) is 181 cm³/mol. The number of hydrogen-bond acceptors (Lipinski definition) is 10. The van der Waals surface area contributed by atoms with Gasteiger partial charge in [0.15, 0.2) is 21.3 Å². The van der Waals surface area contributed by atoms with Crippen LogP contribution in [0.4, 0.5) is 0 Å². The molecule has 0 spiro atoms. The molecule has 2 aromatic rings. The highest BCUT2D eigenvalue weighted by atomic mass is 32.2. The summed E-state index contributed by atoms with van der Waals surface area (Å²) in [7, 11) is -8.03. The molecular formula is C33H48N4O9S2. The van der Waals surface area contributed by atoms with Gasteiger partial charge in [0.2, 0.25) is 28.6 Å². The summed E-state index contributed by atoms with van der Waals surface area (Å²) in [5.41, 5.74) is 0.743. The highest BCUT2D eigenvalue weighted by Crippen LogP contribution is 2.35. The number of sulfonamides is 1. The Kier molecular flexibility index (Phi) is 12.2. The quantitative estimate of drug-likeness (QED) is 0.233. The first-order valence-electron chi connectivity index (χ1n) is 16.1. The Morgan fingerprint density at radius 1 is 0.958 bits per heavy atom. The van der Waals surface area contributed by atoms with Gasteiger partial charge in [-0.15, -0.1) is 0 Å². The van der Waals surface area contributed by atoms with Crippen LogP contribution in [0.15, 0.2) is 53.4 Å². The second-order valence-corrected chi connectivity index (χ2v) is 18.0. The van der Waals surface area contributed by atoms with E-state index in [0.717, 1.165) is 37.8 Å². The topological polar surface area (TPSA) is 172 Å². The molecule has 3 N–H and O–H groups in total. The number of nitrogens with zero attached hydrogens (tertiary/aromatic N) is 2. The molecule has 48 heavy (non-hydrogen) atoms. The van der Waals surface area contributed by atoms with Crippen LogP contribution in [0, 0.1) is 5.92 Å². The fraction of sp³-hybridized carbons (Fsp3) is 0.576. The molecule has 2 aliphatic heterocycles. The standard InChI is InChI=1S/C33H48N4O9S2/c1-23(2)19-37(48(43,44)25-13-14-28-29(18-25)46-22-45-28)20-27(38)26(17-24-11-7-6-8-12-24)34-32(40)31(33(3,4)47(5,41)42)35-30(39)21-36-15-9-10-16-36/h6-8,11-14,18,23,26-27,31,38H,9-10,15-17,19-22H2,1-5H3,(H,34,40)(H,35,39). The van der Waals surface area contributed by atoms with Gasteiger partial charge in [0.05, 0.1) is 28.3 Å². The van der Waals surface area contributed by atoms with Crippen molar-refractivity contribution in [2.24, 2.45) is 5.92 Å². The maximum atomic E-state index is 14.0. The van der Waals surface area contributed by atoms with Crippen LogP contribution in [0.3, 0.4) is 0 Å². The summed E-state index contributed by atoms with van der Waals surface area (Å²) in [6.07, 6.45) is 1.56. The van der Waals surface area contributed by atoms with Gasteiger partial charge in [-0.3, -0.25) is 14.5 Å². The lowest BCUT2D eigenvalue weighted by molar-refractivity contribution is -0.131. The first-order valence-corrected chi connectivity index (χ1v) is 19.5. The Labute approximate surface area is 283 Å². The lowest BCUT2D eigenvalue weighted by atomic mass is 9.98. The van der Waals surface area contributed by atoms with Crippen molar-refractivity contribution >= 4 is 31.7 Å². The summed E-state index contributed by atoms with van der Waals surface area (Å²) < 4.78 is 63.9. The van der Waals surface area contributed by atoms with Gasteiger partial charge in [0, 0.05) is 25.4 Å². The van der Waals surface area contributed by atoms with Crippen LogP contribution < -0.4 is 20.1 Å². The van der Waals surface area contributed by atoms with Gasteiger partial charge >= 0.3 is 0 Å². The molecular weight excluding hydrogens is 661 g/mol. The number of rotatable bonds is 16. The highest BCUT2D eigenvalue weighted by molar-refractivity contribution is 7.92. The molecule has 266 valence electrons. The van der Waals surface area contributed by atoms with Gasteiger partial charge in [0.25, 0.3) is 0 Å². The normalized spacial score (nSPS) is 17.3. The zero-order valence-electron chi connectivity index (χ0n) is 28.2. The molecule has 13 nitrogen and oxygen atoms in total. The van der Waals surface area contributed by atoms with Gasteiger partial charge in [-0.1, -0.05) is 44.2 Å². The molecule has 2 heterocycles. The van der Waals surface area contributed by atoms with Gasteiger partial charge in [-0.2, -0.15) is 4.31 Å². The summed E-state index contributed by atoms with van der Waals surface area (Å²) in [6, 6.07) is 10.8. The van der Waals surface area contributed by atoms with Crippen molar-refractivity contribution in [2.45, 2.75) is 74.8 Å². The van der Waals surface area contributed by atoms with E-state index in [1.54, 1.807) is 24.3 Å². The fourth-order valence-electron chi connectivity index (χ4n) is 5.74. The van der Waals surface area contributed by atoms with Crippen LogP contribution in [0.25, 0.3) is 0 Å². The molecule has 2 aromatic carbocycles. The van der Waals surface area contributed by atoms with Crippen LogP contribution in [-0.2, 0) is 35.9 Å². The number of carbonyl (C=O) groups excluding carboxylic acids is 2. The number of nitrogens with one attached hydrogen (secondary N) is 2. The number of aliphatic hydroxyl groups excluding tert-OH is 1. The minimum absolute atomic E-state index is 0.0154. The smallest absolute Gasteiger partial charge is 0.244 e. The molecule has 4 rings (SSSR count). The zero-order chi connectivity index (χ0) is 35.3. The zero-order valence-corrected chi connectivity index (χ0v) is 29.8. The van der Waals surface area contributed by atoms with E-state index in [1.807, 2.05) is 24.8 Å². The number of sulfone groups is 1. The van der Waals surface area contributed by atoms with E-state index in [-0.39, 0.29) is 43.7 Å². The SMILES string of the molecule is CC(C)CN(CC(O)C(Cc1ccccc1)NC(=O)C(NC(=O)CN1CCCC1)C(C)(C)S(C)(=O)=O)S(=O)(=O)c1ccc2c(c1)OCO2. The maximum Gasteiger partial charge on any atom is 0.244 e. The van der Waals surface area contributed by atoms with Gasteiger partial charge in [-0.25, -0.2) is 16.8 Å². The molecule has 0 radical (unpaired) electrons. The summed E-state index contributed by atoms with van der Waals surface area (Å²) in [4.78, 5) is 29.0. The second-order valence-electron chi connectivity index (χ2n) is 13.5. The molecule has 1 saturated heterocycles. The van der Waals surface area contributed by atoms with E-state index >= 15 is 0 Å². The van der Waals surface area contributed by atoms with Crippen LogP contribution in [0.2, 0.25) is 0 Å². The number of ether oxygens (including phenoxy) is 2. The molecule has 1 fully saturated rings. The Bertz CT molecular complexity index is 1640. The van der Waals surface area contributed by atoms with E-state index in [0.29, 0.717) is 11.5 Å². The second kappa shape index (κ2) is 15.5. The number of hydrogen-bond donors (Lipinski definition) is 3. The number of benzene rings is 2. The molecule has 0 bridgehead atoms. The maximum absolute atomic E-state index is 14.0. The van der Waals surface area contributed by atoms with Crippen molar-refractivity contribution in [3.63, 3.8) is 0 Å². The van der Waals surface area contributed by atoms with Crippen molar-refractivity contribution in [1.82, 2.24) is 19.8 Å². The molecule has 2 amide bonds. The Morgan fingerprint density at radius 2 is 1.60 bits per heavy atom. The fourth-order valence-corrected chi connectivity index (χ4v) is 7.97. The van der Waals surface area contributed by atoms with Gasteiger partial charge in [-0.05, 0) is 69.8 Å². The lowest BCUT2D eigenvalue weighted by Crippen LogP contribution is -2.64. The van der Waals surface area contributed by atoms with Crippen molar-refractivity contribution < 1.29 is 41.0 Å². The number of aliphatic hydroxyl groups is 1. The summed E-state index contributed by atoms with van der Waals surface area (Å²) in [5.74, 6) is -0.703. The lowest BCUT2D eigenvalue weighted by Gasteiger charge is -2.35. The minimum atomic E-state index is -4.15. The van der Waals surface area contributed by atoms with E-state index in [4.69, 9.17) is 9.47 Å².